The van der Waals surface area contributed by atoms with Crippen molar-refractivity contribution in [1.29, 1.82) is 0 Å². The normalized spacial score (nSPS) is 30.9. The number of likely N-dealkylation sites (N-methyl/N-ethyl adjacent to an activating group) is 1. The second kappa shape index (κ2) is 5.55. The summed E-state index contributed by atoms with van der Waals surface area (Å²) >= 11 is 0. The summed E-state index contributed by atoms with van der Waals surface area (Å²) in [5.41, 5.74) is 0.199. The third-order valence-corrected chi connectivity index (χ3v) is 4.48. The lowest BCUT2D eigenvalue weighted by atomic mass is 9.75. The molecule has 5 nitrogen and oxygen atoms in total. The molecule has 1 saturated heterocycles. The van der Waals surface area contributed by atoms with E-state index < -0.39 is 0 Å². The minimum atomic E-state index is -0.0829. The van der Waals surface area contributed by atoms with Crippen molar-refractivity contribution >= 4 is 5.91 Å². The summed E-state index contributed by atoms with van der Waals surface area (Å²) in [6.07, 6.45) is 3.65. The molecule has 1 aliphatic heterocycles. The molecule has 2 aliphatic rings. The van der Waals surface area contributed by atoms with Crippen LogP contribution in [0.25, 0.3) is 0 Å². The number of carbonyl (C=O) groups excluding carboxylic acids is 1. The lowest BCUT2D eigenvalue weighted by Crippen LogP contribution is -2.62. The molecule has 1 amide bonds. The maximum atomic E-state index is 12.1. The van der Waals surface area contributed by atoms with E-state index in [0.717, 1.165) is 19.6 Å². The Labute approximate surface area is 110 Å². The topological polar surface area (TPSA) is 56.4 Å². The smallest absolute Gasteiger partial charge is 0.238 e. The Morgan fingerprint density at radius 1 is 1.33 bits per heavy atom. The molecule has 0 bridgehead atoms. The molecule has 18 heavy (non-hydrogen) atoms. The van der Waals surface area contributed by atoms with E-state index in [1.165, 1.54) is 19.3 Å². The Kier molecular flexibility index (Phi) is 4.25. The van der Waals surface area contributed by atoms with Gasteiger partial charge in [-0.25, -0.2) is 0 Å². The van der Waals surface area contributed by atoms with Crippen molar-refractivity contribution in [3.8, 4) is 0 Å². The van der Waals surface area contributed by atoms with Gasteiger partial charge in [0.05, 0.1) is 6.04 Å². The predicted octanol–water partition coefficient (Wildman–Crippen LogP) is -0.463. The van der Waals surface area contributed by atoms with Gasteiger partial charge in [-0.3, -0.25) is 4.79 Å². The van der Waals surface area contributed by atoms with Crippen LogP contribution in [0.2, 0.25) is 0 Å². The number of amides is 1. The van der Waals surface area contributed by atoms with Gasteiger partial charge in [-0.05, 0) is 40.3 Å². The third kappa shape index (κ3) is 2.84. The molecule has 2 fully saturated rings. The van der Waals surface area contributed by atoms with Crippen molar-refractivity contribution in [3.63, 3.8) is 0 Å². The van der Waals surface area contributed by atoms with Crippen molar-refractivity contribution < 1.29 is 4.79 Å². The summed E-state index contributed by atoms with van der Waals surface area (Å²) in [6, 6.07) is 0.370. The van der Waals surface area contributed by atoms with Crippen LogP contribution < -0.4 is 16.0 Å². The summed E-state index contributed by atoms with van der Waals surface area (Å²) in [5, 5.41) is 9.72. The van der Waals surface area contributed by atoms with Gasteiger partial charge in [0.1, 0.15) is 0 Å². The molecule has 0 aromatic carbocycles. The van der Waals surface area contributed by atoms with Crippen LogP contribution in [0, 0.1) is 0 Å². The highest BCUT2D eigenvalue weighted by atomic mass is 16.2. The Bertz CT molecular complexity index is 293. The van der Waals surface area contributed by atoms with Gasteiger partial charge in [-0.15, -0.1) is 0 Å². The molecule has 104 valence electrons. The first-order valence-corrected chi connectivity index (χ1v) is 6.95. The highest BCUT2D eigenvalue weighted by Crippen LogP contribution is 2.35. The van der Waals surface area contributed by atoms with Crippen LogP contribution in [0.15, 0.2) is 0 Å². The van der Waals surface area contributed by atoms with Gasteiger partial charge in [0.15, 0.2) is 0 Å². The summed E-state index contributed by atoms with van der Waals surface area (Å²) in [7, 11) is 4.21. The summed E-state index contributed by atoms with van der Waals surface area (Å²) in [6.45, 7) is 4.47. The van der Waals surface area contributed by atoms with Crippen LogP contribution >= 0.6 is 0 Å². The van der Waals surface area contributed by atoms with Crippen molar-refractivity contribution in [2.24, 2.45) is 0 Å². The molecule has 0 aromatic heterocycles. The number of hydrogen-bond acceptors (Lipinski definition) is 4. The molecular formula is C13H26N4O. The van der Waals surface area contributed by atoms with Crippen LogP contribution in [0.5, 0.6) is 0 Å². The molecule has 2 atom stereocenters. The highest BCUT2D eigenvalue weighted by molar-refractivity contribution is 5.82. The van der Waals surface area contributed by atoms with Crippen LogP contribution in [0.3, 0.4) is 0 Å². The monoisotopic (exact) mass is 254 g/mol. The minimum Gasteiger partial charge on any atom is -0.353 e. The minimum absolute atomic E-state index is 0.0829. The zero-order valence-electron chi connectivity index (χ0n) is 11.8. The van der Waals surface area contributed by atoms with E-state index in [-0.39, 0.29) is 17.5 Å². The zero-order chi connectivity index (χ0) is 13.2. The van der Waals surface area contributed by atoms with Crippen LogP contribution in [-0.2, 0) is 4.79 Å². The van der Waals surface area contributed by atoms with Gasteiger partial charge in [0.25, 0.3) is 0 Å². The SMILES string of the molecule is CC1CNC(C(=O)NCC2(N(C)C)CCC2)CN1. The molecule has 0 spiro atoms. The van der Waals surface area contributed by atoms with E-state index in [1.54, 1.807) is 0 Å². The van der Waals surface area contributed by atoms with Crippen molar-refractivity contribution in [2.75, 3.05) is 33.7 Å². The van der Waals surface area contributed by atoms with Gasteiger partial charge in [-0.2, -0.15) is 0 Å². The maximum absolute atomic E-state index is 12.1. The average Bonchev–Trinajstić information content (AvgIpc) is 2.27. The van der Waals surface area contributed by atoms with Crippen molar-refractivity contribution in [2.45, 2.75) is 43.8 Å². The largest absolute Gasteiger partial charge is 0.353 e. The number of hydrogen-bond donors (Lipinski definition) is 3. The fourth-order valence-corrected chi connectivity index (χ4v) is 2.71. The Hall–Kier alpha value is -0.650. The third-order valence-electron chi connectivity index (χ3n) is 4.48. The molecule has 0 radical (unpaired) electrons. The van der Waals surface area contributed by atoms with Crippen LogP contribution in [0.4, 0.5) is 0 Å². The van der Waals surface area contributed by atoms with E-state index in [0.29, 0.717) is 6.04 Å². The second-order valence-corrected chi connectivity index (χ2v) is 5.96. The molecule has 1 saturated carbocycles. The van der Waals surface area contributed by atoms with E-state index in [9.17, 15) is 4.79 Å². The van der Waals surface area contributed by atoms with Crippen LogP contribution in [0.1, 0.15) is 26.2 Å². The molecule has 1 heterocycles. The van der Waals surface area contributed by atoms with E-state index in [1.807, 2.05) is 0 Å². The van der Waals surface area contributed by atoms with Gasteiger partial charge < -0.3 is 20.9 Å². The van der Waals surface area contributed by atoms with E-state index in [4.69, 9.17) is 0 Å². The quantitative estimate of drug-likeness (QED) is 0.635. The Morgan fingerprint density at radius 2 is 2.06 bits per heavy atom. The number of rotatable bonds is 4. The van der Waals surface area contributed by atoms with Gasteiger partial charge in [0, 0.05) is 31.2 Å². The fourth-order valence-electron chi connectivity index (χ4n) is 2.71. The fraction of sp³-hybridized carbons (Fsp3) is 0.923. The number of piperazine rings is 1. The van der Waals surface area contributed by atoms with Gasteiger partial charge in [0.2, 0.25) is 5.91 Å². The molecule has 1 aliphatic carbocycles. The zero-order valence-corrected chi connectivity index (χ0v) is 11.8. The molecule has 2 unspecified atom stereocenters. The van der Waals surface area contributed by atoms with Gasteiger partial charge in [-0.1, -0.05) is 0 Å². The first kappa shape index (κ1) is 13.8. The van der Waals surface area contributed by atoms with Crippen molar-refractivity contribution in [3.05, 3.63) is 0 Å². The lowest BCUT2D eigenvalue weighted by Gasteiger charge is -2.47. The van der Waals surface area contributed by atoms with Gasteiger partial charge >= 0.3 is 0 Å². The van der Waals surface area contributed by atoms with Crippen molar-refractivity contribution in [1.82, 2.24) is 20.9 Å². The molecule has 5 heteroatoms. The Morgan fingerprint density at radius 3 is 2.50 bits per heavy atom. The first-order valence-electron chi connectivity index (χ1n) is 6.95. The Balaban J connectivity index is 1.77. The highest BCUT2D eigenvalue weighted by Gasteiger charge is 2.39. The lowest BCUT2D eigenvalue weighted by molar-refractivity contribution is -0.124. The molecule has 2 rings (SSSR count). The average molecular weight is 254 g/mol. The van der Waals surface area contributed by atoms with Crippen LogP contribution in [-0.4, -0.2) is 62.2 Å². The first-order chi connectivity index (χ1) is 8.53. The predicted molar refractivity (Wildman–Crippen MR) is 72.5 cm³/mol. The molecule has 3 N–H and O–H groups in total. The summed E-state index contributed by atoms with van der Waals surface area (Å²) < 4.78 is 0. The number of carbonyl (C=O) groups is 1. The summed E-state index contributed by atoms with van der Waals surface area (Å²) in [4.78, 5) is 14.3. The maximum Gasteiger partial charge on any atom is 0.238 e. The second-order valence-electron chi connectivity index (χ2n) is 5.96. The number of nitrogens with one attached hydrogen (secondary N) is 3. The molecular weight excluding hydrogens is 228 g/mol. The summed E-state index contributed by atoms with van der Waals surface area (Å²) in [5.74, 6) is 0.127. The number of nitrogens with zero attached hydrogens (tertiary/aromatic N) is 1. The molecule has 0 aromatic rings. The standard InChI is InChI=1S/C13H26N4O/c1-10-7-15-11(8-14-10)12(18)16-9-13(17(2)3)5-4-6-13/h10-11,14-15H,4-9H2,1-3H3,(H,16,18). The van der Waals surface area contributed by atoms with E-state index in [2.05, 4.69) is 41.9 Å². The van der Waals surface area contributed by atoms with E-state index >= 15 is 0 Å².